The average Bonchev–Trinajstić information content (AvgIpc) is 3.24. The third-order valence-corrected chi connectivity index (χ3v) is 5.19. The van der Waals surface area contributed by atoms with Gasteiger partial charge in [-0.25, -0.2) is 0 Å². The normalized spacial score (nSPS) is 27.6. The van der Waals surface area contributed by atoms with Gasteiger partial charge in [0.1, 0.15) is 0 Å². The van der Waals surface area contributed by atoms with Gasteiger partial charge in [0.05, 0.1) is 0 Å². The van der Waals surface area contributed by atoms with Crippen LogP contribution in [0.4, 0.5) is 0 Å². The van der Waals surface area contributed by atoms with Gasteiger partial charge in [0.15, 0.2) is 0 Å². The minimum atomic E-state index is 0.448. The molecule has 0 amide bonds. The number of likely N-dealkylation sites (tertiary alicyclic amines) is 1. The maximum Gasteiger partial charge on any atom is 0.0424 e. The van der Waals surface area contributed by atoms with Crippen LogP contribution in [-0.4, -0.2) is 31.1 Å². The number of halogens is 2. The first-order valence-electron chi connectivity index (χ1n) is 8.05. The van der Waals surface area contributed by atoms with Gasteiger partial charge in [0.25, 0.3) is 0 Å². The third-order valence-electron chi connectivity index (χ3n) is 4.75. The van der Waals surface area contributed by atoms with Gasteiger partial charge in [0, 0.05) is 22.1 Å². The summed E-state index contributed by atoms with van der Waals surface area (Å²) in [6, 6.07) is 7.27. The first-order chi connectivity index (χ1) is 10.2. The van der Waals surface area contributed by atoms with E-state index in [0.717, 1.165) is 22.6 Å². The van der Waals surface area contributed by atoms with Gasteiger partial charge < -0.3 is 5.32 Å². The predicted octanol–water partition coefficient (Wildman–Crippen LogP) is 4.52. The molecular formula is C17H24Cl2N2. The molecule has 1 aliphatic heterocycles. The highest BCUT2D eigenvalue weighted by Gasteiger charge is 2.39. The number of hydrogen-bond acceptors (Lipinski definition) is 2. The quantitative estimate of drug-likeness (QED) is 0.875. The Balaban J connectivity index is 1.96. The van der Waals surface area contributed by atoms with Gasteiger partial charge in [0.2, 0.25) is 0 Å². The van der Waals surface area contributed by atoms with Gasteiger partial charge in [-0.2, -0.15) is 0 Å². The molecule has 1 N–H and O–H groups in total. The van der Waals surface area contributed by atoms with Crippen LogP contribution >= 0.6 is 23.2 Å². The standard InChI is InChI=1S/C17H24Cl2N2/c1-20-11-12-4-2-3-7-21(16-5-6-16)17(12)13-8-14(18)10-15(19)9-13/h8-10,12,16-17,20H,2-7,11H2,1H3. The van der Waals surface area contributed by atoms with E-state index in [1.807, 2.05) is 13.1 Å². The summed E-state index contributed by atoms with van der Waals surface area (Å²) in [5.41, 5.74) is 1.29. The van der Waals surface area contributed by atoms with Crippen molar-refractivity contribution >= 4 is 23.2 Å². The molecule has 2 unspecified atom stereocenters. The Kier molecular flexibility index (Phi) is 5.11. The Morgan fingerprint density at radius 3 is 2.43 bits per heavy atom. The van der Waals surface area contributed by atoms with Crippen LogP contribution in [0.15, 0.2) is 18.2 Å². The Morgan fingerprint density at radius 1 is 1.10 bits per heavy atom. The zero-order valence-electron chi connectivity index (χ0n) is 12.6. The number of benzene rings is 1. The molecule has 4 heteroatoms. The van der Waals surface area contributed by atoms with E-state index in [1.54, 1.807) is 0 Å². The lowest BCUT2D eigenvalue weighted by atomic mass is 9.89. The first kappa shape index (κ1) is 15.6. The Hall–Kier alpha value is -0.280. The van der Waals surface area contributed by atoms with Crippen LogP contribution in [0.1, 0.15) is 43.7 Å². The van der Waals surface area contributed by atoms with Gasteiger partial charge in [-0.3, -0.25) is 4.90 Å². The Labute approximate surface area is 137 Å². The molecule has 3 rings (SSSR count). The Bertz CT molecular complexity index is 467. The number of nitrogens with one attached hydrogen (secondary N) is 1. The number of hydrogen-bond donors (Lipinski definition) is 1. The van der Waals surface area contributed by atoms with Gasteiger partial charge in [-0.15, -0.1) is 0 Å². The molecule has 1 heterocycles. The summed E-state index contributed by atoms with van der Waals surface area (Å²) in [6.45, 7) is 2.26. The van der Waals surface area contributed by atoms with E-state index in [2.05, 4.69) is 22.3 Å². The summed E-state index contributed by atoms with van der Waals surface area (Å²) < 4.78 is 0. The summed E-state index contributed by atoms with van der Waals surface area (Å²) in [7, 11) is 2.05. The smallest absolute Gasteiger partial charge is 0.0424 e. The van der Waals surface area contributed by atoms with Crippen molar-refractivity contribution in [3.8, 4) is 0 Å². The van der Waals surface area contributed by atoms with E-state index in [-0.39, 0.29) is 0 Å². The zero-order valence-corrected chi connectivity index (χ0v) is 14.1. The van der Waals surface area contributed by atoms with E-state index in [0.29, 0.717) is 12.0 Å². The average molecular weight is 327 g/mol. The van der Waals surface area contributed by atoms with Gasteiger partial charge >= 0.3 is 0 Å². The van der Waals surface area contributed by atoms with Crippen LogP contribution < -0.4 is 5.32 Å². The van der Waals surface area contributed by atoms with Gasteiger partial charge in [-0.05, 0) is 75.5 Å². The highest BCUT2D eigenvalue weighted by Crippen LogP contribution is 2.42. The molecule has 0 spiro atoms. The van der Waals surface area contributed by atoms with E-state index in [4.69, 9.17) is 23.2 Å². The molecule has 0 radical (unpaired) electrons. The molecule has 2 nitrogen and oxygen atoms in total. The summed E-state index contributed by atoms with van der Waals surface area (Å²) in [5.74, 6) is 0.632. The molecule has 0 bridgehead atoms. The second-order valence-corrected chi connectivity index (χ2v) is 7.30. The van der Waals surface area contributed by atoms with Crippen molar-refractivity contribution in [2.45, 2.75) is 44.2 Å². The van der Waals surface area contributed by atoms with E-state index in [9.17, 15) is 0 Å². The van der Waals surface area contributed by atoms with Crippen molar-refractivity contribution in [2.75, 3.05) is 20.1 Å². The Morgan fingerprint density at radius 2 is 1.81 bits per heavy atom. The van der Waals surface area contributed by atoms with Crippen LogP contribution in [0.3, 0.4) is 0 Å². The lowest BCUT2D eigenvalue weighted by Crippen LogP contribution is -2.37. The monoisotopic (exact) mass is 326 g/mol. The SMILES string of the molecule is CNCC1CCCCN(C2CC2)C1c1cc(Cl)cc(Cl)c1. The van der Waals surface area contributed by atoms with Crippen LogP contribution in [0.5, 0.6) is 0 Å². The molecule has 21 heavy (non-hydrogen) atoms. The first-order valence-corrected chi connectivity index (χ1v) is 8.81. The zero-order chi connectivity index (χ0) is 14.8. The summed E-state index contributed by atoms with van der Waals surface area (Å²) in [5, 5.41) is 4.88. The van der Waals surface area contributed by atoms with Crippen molar-refractivity contribution in [1.82, 2.24) is 10.2 Å². The third kappa shape index (κ3) is 3.73. The topological polar surface area (TPSA) is 15.3 Å². The predicted molar refractivity (Wildman–Crippen MR) is 90.2 cm³/mol. The number of rotatable bonds is 4. The molecule has 2 atom stereocenters. The van der Waals surface area contributed by atoms with Gasteiger partial charge in [-0.1, -0.05) is 29.6 Å². The maximum absolute atomic E-state index is 6.26. The highest BCUT2D eigenvalue weighted by molar-refractivity contribution is 6.34. The van der Waals surface area contributed by atoms with Crippen LogP contribution in [-0.2, 0) is 0 Å². The van der Waals surface area contributed by atoms with Crippen LogP contribution in [0.25, 0.3) is 0 Å². The number of nitrogens with zero attached hydrogens (tertiary/aromatic N) is 1. The van der Waals surface area contributed by atoms with Crippen molar-refractivity contribution in [1.29, 1.82) is 0 Å². The minimum absolute atomic E-state index is 0.448. The summed E-state index contributed by atoms with van der Waals surface area (Å²) in [6.07, 6.45) is 6.59. The maximum atomic E-state index is 6.26. The second-order valence-electron chi connectivity index (χ2n) is 6.43. The van der Waals surface area contributed by atoms with Crippen molar-refractivity contribution in [3.05, 3.63) is 33.8 Å². The molecule has 2 aliphatic rings. The molecule has 1 saturated heterocycles. The molecule has 0 aromatic heterocycles. The second kappa shape index (κ2) is 6.87. The highest BCUT2D eigenvalue weighted by atomic mass is 35.5. The molecule has 1 aliphatic carbocycles. The molecule has 1 saturated carbocycles. The van der Waals surface area contributed by atoms with Crippen LogP contribution in [0.2, 0.25) is 10.0 Å². The fourth-order valence-corrected chi connectivity index (χ4v) is 4.31. The van der Waals surface area contributed by atoms with E-state index < -0.39 is 0 Å². The fourth-order valence-electron chi connectivity index (χ4n) is 3.77. The van der Waals surface area contributed by atoms with Crippen LogP contribution in [0, 0.1) is 5.92 Å². The fraction of sp³-hybridized carbons (Fsp3) is 0.647. The molecule has 1 aromatic carbocycles. The van der Waals surface area contributed by atoms with Crippen molar-refractivity contribution in [2.24, 2.45) is 5.92 Å². The molecular weight excluding hydrogens is 303 g/mol. The van der Waals surface area contributed by atoms with Crippen molar-refractivity contribution < 1.29 is 0 Å². The molecule has 2 fully saturated rings. The minimum Gasteiger partial charge on any atom is -0.319 e. The largest absolute Gasteiger partial charge is 0.319 e. The molecule has 116 valence electrons. The van der Waals surface area contributed by atoms with E-state index in [1.165, 1.54) is 44.2 Å². The lowest BCUT2D eigenvalue weighted by Gasteiger charge is -2.36. The summed E-state index contributed by atoms with van der Waals surface area (Å²) in [4.78, 5) is 2.72. The lowest BCUT2D eigenvalue weighted by molar-refractivity contribution is 0.145. The summed E-state index contributed by atoms with van der Waals surface area (Å²) >= 11 is 12.5. The van der Waals surface area contributed by atoms with E-state index >= 15 is 0 Å². The van der Waals surface area contributed by atoms with Crippen molar-refractivity contribution in [3.63, 3.8) is 0 Å². The molecule has 1 aromatic rings.